The molecule has 6 rings (SSSR count). The number of aryl methyl sites for hydroxylation is 2. The zero-order valence-corrected chi connectivity index (χ0v) is 27.0. The third kappa shape index (κ3) is 7.06. The fourth-order valence-corrected chi connectivity index (χ4v) is 7.91. The molecule has 0 radical (unpaired) electrons. The first-order valence-corrected chi connectivity index (χ1v) is 16.8. The molecular weight excluding hydrogens is 544 g/mol. The predicted molar refractivity (Wildman–Crippen MR) is 176 cm³/mol. The van der Waals surface area contributed by atoms with Crippen LogP contribution >= 0.6 is 0 Å². The standard InChI is InChI=1S/C37H50N6O/c1-29-35(30(2)39-28-38-29)36(44)41-24-18-37(3,19-25-41)42-22-16-34(17-23-42)43(27-32-12-8-5-9-13-32)33-14-20-40(21-15-33)26-31-10-6-4-7-11-31/h4-13,28,33-34H,14-27H2,1-3H3. The zero-order chi connectivity index (χ0) is 30.5. The van der Waals surface area contributed by atoms with Gasteiger partial charge in [-0.1, -0.05) is 60.7 Å². The van der Waals surface area contributed by atoms with Crippen molar-refractivity contribution in [3.05, 3.63) is 95.1 Å². The van der Waals surface area contributed by atoms with Crippen molar-refractivity contribution >= 4 is 5.91 Å². The van der Waals surface area contributed by atoms with Gasteiger partial charge >= 0.3 is 0 Å². The summed E-state index contributed by atoms with van der Waals surface area (Å²) in [7, 11) is 0. The van der Waals surface area contributed by atoms with Crippen LogP contribution in [-0.2, 0) is 13.1 Å². The number of carbonyl (C=O) groups excluding carboxylic acids is 1. The molecule has 1 amide bonds. The Bertz CT molecular complexity index is 1340. The van der Waals surface area contributed by atoms with Gasteiger partial charge in [0, 0.05) is 56.9 Å². The molecular formula is C37H50N6O. The number of carbonyl (C=O) groups is 1. The highest BCUT2D eigenvalue weighted by Gasteiger charge is 2.40. The Hall–Kier alpha value is -3.13. The Morgan fingerprint density at radius 2 is 1.30 bits per heavy atom. The molecule has 0 aliphatic carbocycles. The van der Waals surface area contributed by atoms with Crippen LogP contribution in [0.15, 0.2) is 67.0 Å². The summed E-state index contributed by atoms with van der Waals surface area (Å²) < 4.78 is 0. The fraction of sp³-hybridized carbons (Fsp3) is 0.541. The van der Waals surface area contributed by atoms with E-state index in [1.54, 1.807) is 6.33 Å². The summed E-state index contributed by atoms with van der Waals surface area (Å²) in [5.41, 5.74) is 5.23. The first kappa shape index (κ1) is 30.9. The Morgan fingerprint density at radius 3 is 1.86 bits per heavy atom. The van der Waals surface area contributed by atoms with E-state index in [9.17, 15) is 4.79 Å². The van der Waals surface area contributed by atoms with Crippen LogP contribution in [0.25, 0.3) is 0 Å². The minimum absolute atomic E-state index is 0.0905. The van der Waals surface area contributed by atoms with Crippen LogP contribution in [0.3, 0.4) is 0 Å². The van der Waals surface area contributed by atoms with Crippen LogP contribution < -0.4 is 0 Å². The highest BCUT2D eigenvalue weighted by atomic mass is 16.2. The summed E-state index contributed by atoms with van der Waals surface area (Å²) in [6, 6.07) is 23.3. The van der Waals surface area contributed by atoms with Crippen molar-refractivity contribution < 1.29 is 4.79 Å². The first-order valence-electron chi connectivity index (χ1n) is 16.8. The molecule has 3 saturated heterocycles. The second-order valence-electron chi connectivity index (χ2n) is 13.6. The third-order valence-corrected chi connectivity index (χ3v) is 10.7. The summed E-state index contributed by atoms with van der Waals surface area (Å²) in [5.74, 6) is 0.0905. The lowest BCUT2D eigenvalue weighted by molar-refractivity contribution is -0.0147. The monoisotopic (exact) mass is 594 g/mol. The van der Waals surface area contributed by atoms with Gasteiger partial charge in [-0.3, -0.25) is 19.5 Å². The third-order valence-electron chi connectivity index (χ3n) is 10.7. The number of piperidine rings is 3. The number of benzene rings is 2. The van der Waals surface area contributed by atoms with E-state index >= 15 is 0 Å². The molecule has 3 aliphatic heterocycles. The first-order chi connectivity index (χ1) is 21.4. The average molecular weight is 595 g/mol. The molecule has 4 heterocycles. The van der Waals surface area contributed by atoms with E-state index < -0.39 is 0 Å². The van der Waals surface area contributed by atoms with E-state index in [0.29, 0.717) is 17.6 Å². The number of nitrogens with zero attached hydrogens (tertiary/aromatic N) is 6. The molecule has 1 aromatic heterocycles. The largest absolute Gasteiger partial charge is 0.338 e. The van der Waals surface area contributed by atoms with Gasteiger partial charge in [0.25, 0.3) is 5.91 Å². The quantitative estimate of drug-likeness (QED) is 0.333. The topological polar surface area (TPSA) is 55.8 Å². The van der Waals surface area contributed by atoms with Crippen molar-refractivity contribution in [1.29, 1.82) is 0 Å². The smallest absolute Gasteiger partial charge is 0.257 e. The zero-order valence-electron chi connectivity index (χ0n) is 27.0. The van der Waals surface area contributed by atoms with Crippen LogP contribution in [0.4, 0.5) is 0 Å². The molecule has 7 heteroatoms. The highest BCUT2D eigenvalue weighted by molar-refractivity contribution is 5.96. The molecule has 3 fully saturated rings. The van der Waals surface area contributed by atoms with Gasteiger partial charge < -0.3 is 4.90 Å². The van der Waals surface area contributed by atoms with Gasteiger partial charge in [-0.2, -0.15) is 0 Å². The number of aromatic nitrogens is 2. The Balaban J connectivity index is 1.05. The molecule has 0 N–H and O–H groups in total. The highest BCUT2D eigenvalue weighted by Crippen LogP contribution is 2.34. The van der Waals surface area contributed by atoms with Crippen molar-refractivity contribution in [3.63, 3.8) is 0 Å². The van der Waals surface area contributed by atoms with Gasteiger partial charge in [0.05, 0.1) is 17.0 Å². The normalized spacial score (nSPS) is 20.7. The molecule has 0 bridgehead atoms. The molecule has 7 nitrogen and oxygen atoms in total. The van der Waals surface area contributed by atoms with Crippen LogP contribution in [0, 0.1) is 13.8 Å². The Kier molecular flexibility index (Phi) is 9.74. The van der Waals surface area contributed by atoms with E-state index in [1.807, 2.05) is 18.7 Å². The molecule has 2 aromatic carbocycles. The van der Waals surface area contributed by atoms with Crippen molar-refractivity contribution in [2.24, 2.45) is 0 Å². The molecule has 234 valence electrons. The molecule has 0 atom stereocenters. The summed E-state index contributed by atoms with van der Waals surface area (Å²) >= 11 is 0. The van der Waals surface area contributed by atoms with Crippen molar-refractivity contribution in [2.75, 3.05) is 39.3 Å². The SMILES string of the molecule is Cc1ncnc(C)c1C(=O)N1CCC(C)(N2CCC(N(Cc3ccccc3)C3CCN(Cc4ccccc4)CC3)CC2)CC1. The van der Waals surface area contributed by atoms with Crippen molar-refractivity contribution in [3.8, 4) is 0 Å². The van der Waals surface area contributed by atoms with Gasteiger partial charge in [0.2, 0.25) is 0 Å². The summed E-state index contributed by atoms with van der Waals surface area (Å²) in [6.45, 7) is 14.6. The van der Waals surface area contributed by atoms with Gasteiger partial charge in [-0.05, 0) is 83.5 Å². The summed E-state index contributed by atoms with van der Waals surface area (Å²) in [6.07, 6.45) is 8.50. The average Bonchev–Trinajstić information content (AvgIpc) is 3.05. The second kappa shape index (κ2) is 13.9. The van der Waals surface area contributed by atoms with E-state index in [-0.39, 0.29) is 11.4 Å². The lowest BCUT2D eigenvalue weighted by atomic mass is 9.84. The summed E-state index contributed by atoms with van der Waals surface area (Å²) in [4.78, 5) is 32.2. The maximum Gasteiger partial charge on any atom is 0.257 e. The lowest BCUT2D eigenvalue weighted by Gasteiger charge is -2.51. The maximum atomic E-state index is 13.4. The number of amides is 1. The van der Waals surface area contributed by atoms with Crippen molar-refractivity contribution in [1.82, 2.24) is 29.6 Å². The molecule has 0 unspecified atom stereocenters. The minimum atomic E-state index is 0.0905. The van der Waals surface area contributed by atoms with Crippen LogP contribution in [0.2, 0.25) is 0 Å². The molecule has 44 heavy (non-hydrogen) atoms. The van der Waals surface area contributed by atoms with Gasteiger partial charge in [-0.25, -0.2) is 9.97 Å². The van der Waals surface area contributed by atoms with E-state index in [0.717, 1.165) is 63.5 Å². The van der Waals surface area contributed by atoms with Crippen LogP contribution in [0.1, 0.15) is 78.3 Å². The molecule has 0 spiro atoms. The minimum Gasteiger partial charge on any atom is -0.338 e. The fourth-order valence-electron chi connectivity index (χ4n) is 7.91. The number of hydrogen-bond donors (Lipinski definition) is 0. The Labute approximate surface area is 264 Å². The summed E-state index contributed by atoms with van der Waals surface area (Å²) in [5, 5.41) is 0. The molecule has 0 saturated carbocycles. The number of likely N-dealkylation sites (tertiary alicyclic amines) is 3. The predicted octanol–water partition coefficient (Wildman–Crippen LogP) is 5.72. The van der Waals surface area contributed by atoms with Gasteiger partial charge in [-0.15, -0.1) is 0 Å². The van der Waals surface area contributed by atoms with E-state index in [4.69, 9.17) is 0 Å². The number of hydrogen-bond acceptors (Lipinski definition) is 6. The lowest BCUT2D eigenvalue weighted by Crippen LogP contribution is -2.59. The van der Waals surface area contributed by atoms with E-state index in [1.165, 1.54) is 49.9 Å². The molecule has 3 aliphatic rings. The number of rotatable bonds is 8. The molecule has 3 aromatic rings. The van der Waals surface area contributed by atoms with Crippen molar-refractivity contribution in [2.45, 2.75) is 90.0 Å². The van der Waals surface area contributed by atoms with E-state index in [2.05, 4.69) is 92.3 Å². The van der Waals surface area contributed by atoms with Crippen LogP contribution in [-0.4, -0.2) is 92.4 Å². The maximum absolute atomic E-state index is 13.4. The van der Waals surface area contributed by atoms with Gasteiger partial charge in [0.1, 0.15) is 6.33 Å². The second-order valence-corrected chi connectivity index (χ2v) is 13.6. The van der Waals surface area contributed by atoms with Gasteiger partial charge in [0.15, 0.2) is 0 Å². The van der Waals surface area contributed by atoms with Crippen LogP contribution in [0.5, 0.6) is 0 Å². The Morgan fingerprint density at radius 1 is 0.773 bits per heavy atom.